The van der Waals surface area contributed by atoms with Gasteiger partial charge >= 0.3 is 23.9 Å². The Morgan fingerprint density at radius 2 is 1.00 bits per heavy atom. The lowest BCUT2D eigenvalue weighted by Gasteiger charge is -2.14. The Labute approximate surface area is 260 Å². The van der Waals surface area contributed by atoms with E-state index in [9.17, 15) is 19.2 Å². The number of hydrogen-bond donors (Lipinski definition) is 0. The molecule has 3 aromatic carbocycles. The first-order chi connectivity index (χ1) is 21.2. The van der Waals surface area contributed by atoms with Crippen LogP contribution in [0.2, 0.25) is 0 Å². The van der Waals surface area contributed by atoms with E-state index in [0.717, 1.165) is 0 Å². The van der Waals surface area contributed by atoms with Crippen molar-refractivity contribution < 1.29 is 42.5 Å². The molecule has 8 nitrogen and oxygen atoms in total. The van der Waals surface area contributed by atoms with Crippen LogP contribution in [0, 0.1) is 5.82 Å². The molecular weight excluding hydrogens is 579 g/mol. The number of halogens is 1. The number of carbonyl (C=O) groups excluding carboxylic acids is 4. The van der Waals surface area contributed by atoms with Crippen LogP contribution >= 0.6 is 0 Å². The highest BCUT2D eigenvalue weighted by molar-refractivity contribution is 5.92. The lowest BCUT2D eigenvalue weighted by Crippen LogP contribution is -2.11. The Kier molecular flexibility index (Phi) is 10.9. The Morgan fingerprint density at radius 3 is 1.51 bits per heavy atom. The van der Waals surface area contributed by atoms with E-state index in [2.05, 4.69) is 26.3 Å². The van der Waals surface area contributed by atoms with Gasteiger partial charge in [0, 0.05) is 51.1 Å². The Hall–Kier alpha value is -5.83. The summed E-state index contributed by atoms with van der Waals surface area (Å²) >= 11 is 0. The Balaban J connectivity index is 1.97. The molecular formula is C36H31FO8. The largest absolute Gasteiger partial charge is 0.423 e. The molecule has 0 aliphatic rings. The molecule has 0 saturated heterocycles. The van der Waals surface area contributed by atoms with Crippen LogP contribution in [0.25, 0.3) is 23.3 Å². The third kappa shape index (κ3) is 9.08. The number of hydrogen-bond acceptors (Lipinski definition) is 8. The van der Waals surface area contributed by atoms with E-state index in [0.29, 0.717) is 11.1 Å². The summed E-state index contributed by atoms with van der Waals surface area (Å²) in [5.41, 5.74) is 1.82. The van der Waals surface area contributed by atoms with Gasteiger partial charge in [0.1, 0.15) is 28.8 Å². The summed E-state index contributed by atoms with van der Waals surface area (Å²) in [6.07, 6.45) is 3.17. The van der Waals surface area contributed by atoms with Gasteiger partial charge in [-0.25, -0.2) is 23.6 Å². The Bertz CT molecular complexity index is 1790. The maximum Gasteiger partial charge on any atom is 0.338 e. The van der Waals surface area contributed by atoms with Crippen LogP contribution in [0.4, 0.5) is 4.39 Å². The fourth-order valence-corrected chi connectivity index (χ4v) is 3.48. The van der Waals surface area contributed by atoms with Gasteiger partial charge in [-0.05, 0) is 63.6 Å². The predicted octanol–water partition coefficient (Wildman–Crippen LogP) is 7.59. The number of carbonyl (C=O) groups is 4. The maximum absolute atomic E-state index is 15.5. The van der Waals surface area contributed by atoms with Crippen molar-refractivity contribution in [3.8, 4) is 34.1 Å². The second-order valence-electron chi connectivity index (χ2n) is 10.1. The zero-order valence-electron chi connectivity index (χ0n) is 25.3. The molecule has 0 saturated carbocycles. The highest BCUT2D eigenvalue weighted by atomic mass is 19.1. The van der Waals surface area contributed by atoms with Crippen molar-refractivity contribution in [1.82, 2.24) is 0 Å². The quantitative estimate of drug-likeness (QED) is 0.0947. The highest BCUT2D eigenvalue weighted by Gasteiger charge is 2.18. The van der Waals surface area contributed by atoms with Crippen molar-refractivity contribution in [2.45, 2.75) is 27.7 Å². The van der Waals surface area contributed by atoms with E-state index < -0.39 is 29.7 Å². The second-order valence-corrected chi connectivity index (χ2v) is 10.1. The number of esters is 4. The first kappa shape index (κ1) is 33.7. The lowest BCUT2D eigenvalue weighted by atomic mass is 10.0. The molecule has 230 valence electrons. The van der Waals surface area contributed by atoms with E-state index >= 15 is 4.39 Å². The molecule has 0 atom stereocenters. The van der Waals surface area contributed by atoms with Crippen LogP contribution in [0.3, 0.4) is 0 Å². The van der Waals surface area contributed by atoms with E-state index in [4.69, 9.17) is 18.9 Å². The first-order valence-electron chi connectivity index (χ1n) is 13.4. The molecule has 0 fully saturated rings. The molecule has 3 aromatic rings. The molecule has 0 aliphatic heterocycles. The van der Waals surface area contributed by atoms with Gasteiger partial charge in [0.2, 0.25) is 0 Å². The number of ether oxygens (including phenoxy) is 4. The first-order valence-corrected chi connectivity index (χ1v) is 13.4. The van der Waals surface area contributed by atoms with Gasteiger partial charge in [0.05, 0.1) is 0 Å². The van der Waals surface area contributed by atoms with E-state index in [-0.39, 0.29) is 56.4 Å². The van der Waals surface area contributed by atoms with Crippen LogP contribution in [-0.4, -0.2) is 23.9 Å². The van der Waals surface area contributed by atoms with Crippen molar-refractivity contribution in [2.75, 3.05) is 0 Å². The SMILES string of the molecule is C=C(C)C(=O)Oc1ccc(C=Cc2ccc(-c3ccc(OC(=O)C(=C)C)cc3OC(=O)C(=C)C)c(F)c2)c(OC(=O)C(=C)C)c1. The summed E-state index contributed by atoms with van der Waals surface area (Å²) < 4.78 is 36.8. The highest BCUT2D eigenvalue weighted by Crippen LogP contribution is 2.36. The molecule has 3 rings (SSSR count). The van der Waals surface area contributed by atoms with Crippen LogP contribution < -0.4 is 18.9 Å². The fraction of sp³-hybridized carbons (Fsp3) is 0.111. The number of rotatable bonds is 11. The molecule has 0 N–H and O–H groups in total. The van der Waals surface area contributed by atoms with Crippen molar-refractivity contribution >= 4 is 36.0 Å². The van der Waals surface area contributed by atoms with Crippen LogP contribution in [0.5, 0.6) is 23.0 Å². The summed E-state index contributed by atoms with van der Waals surface area (Å²) in [5.74, 6) is -3.17. The van der Waals surface area contributed by atoms with Crippen molar-refractivity contribution in [3.63, 3.8) is 0 Å². The molecule has 0 bridgehead atoms. The standard InChI is InChI=1S/C36H31FO8/c1-20(2)33(38)42-26-13-12-25(31(18-26)44-35(40)22(5)6)11-9-24-10-15-28(30(37)17-24)29-16-14-27(43-34(39)21(3)4)19-32(29)45-36(41)23(7)8/h9-19H,1,3,5,7H2,2,4,6,8H3. The zero-order valence-corrected chi connectivity index (χ0v) is 25.3. The van der Waals surface area contributed by atoms with E-state index in [1.165, 1.54) is 70.2 Å². The normalized spacial score (nSPS) is 10.5. The smallest absolute Gasteiger partial charge is 0.338 e. The van der Waals surface area contributed by atoms with Crippen LogP contribution in [0.1, 0.15) is 38.8 Å². The van der Waals surface area contributed by atoms with Crippen LogP contribution in [-0.2, 0) is 19.2 Å². The molecule has 9 heteroatoms. The molecule has 0 aromatic heterocycles. The van der Waals surface area contributed by atoms with Gasteiger partial charge < -0.3 is 18.9 Å². The summed E-state index contributed by atoms with van der Waals surface area (Å²) in [6, 6.07) is 13.0. The fourth-order valence-electron chi connectivity index (χ4n) is 3.48. The predicted molar refractivity (Wildman–Crippen MR) is 169 cm³/mol. The lowest BCUT2D eigenvalue weighted by molar-refractivity contribution is -0.131. The molecule has 45 heavy (non-hydrogen) atoms. The molecule has 0 unspecified atom stereocenters. The van der Waals surface area contributed by atoms with Crippen molar-refractivity contribution in [3.05, 3.63) is 120 Å². The average molecular weight is 611 g/mol. The monoisotopic (exact) mass is 610 g/mol. The zero-order chi connectivity index (χ0) is 33.4. The summed E-state index contributed by atoms with van der Waals surface area (Å²) in [4.78, 5) is 48.5. The molecule has 0 radical (unpaired) electrons. The van der Waals surface area contributed by atoms with E-state index in [1.54, 1.807) is 24.3 Å². The minimum absolute atomic E-state index is 0.0476. The summed E-state index contributed by atoms with van der Waals surface area (Å²) in [6.45, 7) is 20.1. The topological polar surface area (TPSA) is 105 Å². The third-order valence-electron chi connectivity index (χ3n) is 5.90. The summed E-state index contributed by atoms with van der Waals surface area (Å²) in [7, 11) is 0. The average Bonchev–Trinajstić information content (AvgIpc) is 2.97. The van der Waals surface area contributed by atoms with Gasteiger partial charge in [0.15, 0.2) is 0 Å². The number of benzene rings is 3. The van der Waals surface area contributed by atoms with Gasteiger partial charge in [-0.15, -0.1) is 0 Å². The minimum atomic E-state index is -0.747. The molecule has 0 heterocycles. The summed E-state index contributed by atoms with van der Waals surface area (Å²) in [5, 5.41) is 0. The van der Waals surface area contributed by atoms with Gasteiger partial charge in [-0.3, -0.25) is 0 Å². The molecule has 0 aliphatic carbocycles. The van der Waals surface area contributed by atoms with Gasteiger partial charge in [-0.1, -0.05) is 50.6 Å². The van der Waals surface area contributed by atoms with Crippen LogP contribution in [0.15, 0.2) is 103 Å². The van der Waals surface area contributed by atoms with Crippen molar-refractivity contribution in [2.24, 2.45) is 0 Å². The Morgan fingerprint density at radius 1 is 0.556 bits per heavy atom. The third-order valence-corrected chi connectivity index (χ3v) is 5.90. The van der Waals surface area contributed by atoms with Gasteiger partial charge in [0.25, 0.3) is 0 Å². The van der Waals surface area contributed by atoms with E-state index in [1.807, 2.05) is 0 Å². The second kappa shape index (κ2) is 14.6. The minimum Gasteiger partial charge on any atom is -0.423 e. The van der Waals surface area contributed by atoms with Gasteiger partial charge in [-0.2, -0.15) is 0 Å². The molecule has 0 amide bonds. The molecule has 0 spiro atoms. The van der Waals surface area contributed by atoms with Crippen molar-refractivity contribution in [1.29, 1.82) is 0 Å². The maximum atomic E-state index is 15.5.